The van der Waals surface area contributed by atoms with Gasteiger partial charge in [-0.2, -0.15) is 0 Å². The van der Waals surface area contributed by atoms with E-state index in [0.717, 1.165) is 23.9 Å². The summed E-state index contributed by atoms with van der Waals surface area (Å²) in [4.78, 5) is 0. The van der Waals surface area contributed by atoms with Gasteiger partial charge in [0.05, 0.1) is 0 Å². The zero-order chi connectivity index (χ0) is 9.26. The monoisotopic (exact) mass is 181 g/mol. The Balaban J connectivity index is 1.64. The quantitative estimate of drug-likeness (QED) is 0.687. The first kappa shape index (κ1) is 9.51. The van der Waals surface area contributed by atoms with Crippen molar-refractivity contribution in [2.75, 3.05) is 0 Å². The van der Waals surface area contributed by atoms with E-state index in [1.54, 1.807) is 0 Å². The molecule has 0 aromatic carbocycles. The zero-order valence-electron chi connectivity index (χ0n) is 9.05. The summed E-state index contributed by atoms with van der Waals surface area (Å²) in [7, 11) is 0. The van der Waals surface area contributed by atoms with Crippen LogP contribution in [0.25, 0.3) is 0 Å². The molecule has 1 nitrogen and oxygen atoms in total. The Hall–Kier alpha value is -0.0400. The van der Waals surface area contributed by atoms with Crippen molar-refractivity contribution in [1.82, 2.24) is 5.32 Å². The van der Waals surface area contributed by atoms with E-state index >= 15 is 0 Å². The topological polar surface area (TPSA) is 12.0 Å². The van der Waals surface area contributed by atoms with Crippen molar-refractivity contribution in [3.63, 3.8) is 0 Å². The molecule has 2 aliphatic carbocycles. The lowest BCUT2D eigenvalue weighted by atomic mass is 9.81. The predicted octanol–water partition coefficient (Wildman–Crippen LogP) is 2.95. The fraction of sp³-hybridized carbons (Fsp3) is 1.00. The second-order valence-corrected chi connectivity index (χ2v) is 5.22. The molecule has 0 saturated heterocycles. The fourth-order valence-corrected chi connectivity index (χ4v) is 2.48. The van der Waals surface area contributed by atoms with Gasteiger partial charge in [0.15, 0.2) is 0 Å². The molecule has 0 bridgehead atoms. The normalized spacial score (nSPS) is 35.5. The van der Waals surface area contributed by atoms with Crippen LogP contribution >= 0.6 is 0 Å². The molecule has 0 radical (unpaired) electrons. The van der Waals surface area contributed by atoms with E-state index in [9.17, 15) is 0 Å². The van der Waals surface area contributed by atoms with Gasteiger partial charge in [-0.3, -0.25) is 0 Å². The summed E-state index contributed by atoms with van der Waals surface area (Å²) < 4.78 is 0. The number of nitrogens with one attached hydrogen (secondary N) is 1. The summed E-state index contributed by atoms with van der Waals surface area (Å²) in [6.07, 6.45) is 8.60. The van der Waals surface area contributed by atoms with Gasteiger partial charge in [-0.25, -0.2) is 0 Å². The van der Waals surface area contributed by atoms with E-state index in [2.05, 4.69) is 19.2 Å². The fourth-order valence-electron chi connectivity index (χ4n) is 2.48. The lowest BCUT2D eigenvalue weighted by Crippen LogP contribution is -2.45. The highest BCUT2D eigenvalue weighted by Gasteiger charge is 2.29. The molecule has 1 unspecified atom stereocenters. The summed E-state index contributed by atoms with van der Waals surface area (Å²) >= 11 is 0. The highest BCUT2D eigenvalue weighted by Crippen LogP contribution is 2.35. The van der Waals surface area contributed by atoms with Crippen molar-refractivity contribution in [1.29, 1.82) is 0 Å². The molecule has 2 rings (SSSR count). The van der Waals surface area contributed by atoms with Crippen molar-refractivity contribution in [3.05, 3.63) is 0 Å². The van der Waals surface area contributed by atoms with E-state index in [0.29, 0.717) is 0 Å². The Kier molecular flexibility index (Phi) is 2.92. The lowest BCUT2D eigenvalue weighted by Gasteiger charge is -2.36. The largest absolute Gasteiger partial charge is 0.311 e. The summed E-state index contributed by atoms with van der Waals surface area (Å²) in [5.41, 5.74) is 0. The van der Waals surface area contributed by atoms with Gasteiger partial charge in [-0.05, 0) is 37.5 Å². The SMILES string of the molecule is CCC(CC1CC1)NC1CC(C)C1. The molecule has 1 heteroatoms. The van der Waals surface area contributed by atoms with Crippen LogP contribution in [0.2, 0.25) is 0 Å². The van der Waals surface area contributed by atoms with Crippen LogP contribution in [-0.4, -0.2) is 12.1 Å². The molecule has 2 aliphatic rings. The standard InChI is InChI=1S/C12H23N/c1-3-11(8-10-4-5-10)13-12-6-9(2)7-12/h9-13H,3-8H2,1-2H3. The Morgan fingerprint density at radius 3 is 2.46 bits per heavy atom. The molecule has 13 heavy (non-hydrogen) atoms. The van der Waals surface area contributed by atoms with Gasteiger partial charge in [-0.1, -0.05) is 26.7 Å². The number of hydrogen-bond donors (Lipinski definition) is 1. The van der Waals surface area contributed by atoms with Gasteiger partial charge in [0.2, 0.25) is 0 Å². The zero-order valence-corrected chi connectivity index (χ0v) is 9.05. The molecule has 0 aromatic rings. The minimum atomic E-state index is 0.824. The molecular formula is C12H23N. The van der Waals surface area contributed by atoms with E-state index in [1.165, 1.54) is 38.5 Å². The highest BCUT2D eigenvalue weighted by molar-refractivity contribution is 4.87. The molecule has 0 spiro atoms. The van der Waals surface area contributed by atoms with Crippen LogP contribution in [0.15, 0.2) is 0 Å². The van der Waals surface area contributed by atoms with Crippen LogP contribution in [0, 0.1) is 11.8 Å². The molecule has 0 aromatic heterocycles. The van der Waals surface area contributed by atoms with Crippen molar-refractivity contribution < 1.29 is 0 Å². The first-order valence-electron chi connectivity index (χ1n) is 6.04. The van der Waals surface area contributed by atoms with Crippen molar-refractivity contribution >= 4 is 0 Å². The van der Waals surface area contributed by atoms with Crippen LogP contribution in [-0.2, 0) is 0 Å². The van der Waals surface area contributed by atoms with Crippen LogP contribution < -0.4 is 5.32 Å². The van der Waals surface area contributed by atoms with Crippen molar-refractivity contribution in [3.8, 4) is 0 Å². The molecular weight excluding hydrogens is 158 g/mol. The first-order chi connectivity index (χ1) is 6.28. The third-order valence-electron chi connectivity index (χ3n) is 3.65. The van der Waals surface area contributed by atoms with E-state index < -0.39 is 0 Å². The third kappa shape index (κ3) is 2.70. The van der Waals surface area contributed by atoms with Gasteiger partial charge in [0, 0.05) is 12.1 Å². The van der Waals surface area contributed by atoms with E-state index in [-0.39, 0.29) is 0 Å². The van der Waals surface area contributed by atoms with Crippen LogP contribution in [0.5, 0.6) is 0 Å². The summed E-state index contributed by atoms with van der Waals surface area (Å²) in [6.45, 7) is 4.68. The Morgan fingerprint density at radius 2 is 2.00 bits per heavy atom. The average Bonchev–Trinajstić information content (AvgIpc) is 2.84. The van der Waals surface area contributed by atoms with Gasteiger partial charge >= 0.3 is 0 Å². The number of hydrogen-bond acceptors (Lipinski definition) is 1. The second-order valence-electron chi connectivity index (χ2n) is 5.22. The molecule has 0 aliphatic heterocycles. The van der Waals surface area contributed by atoms with Crippen LogP contribution in [0.4, 0.5) is 0 Å². The Morgan fingerprint density at radius 1 is 1.31 bits per heavy atom. The summed E-state index contributed by atoms with van der Waals surface area (Å²) in [6, 6.07) is 1.68. The van der Waals surface area contributed by atoms with Gasteiger partial charge < -0.3 is 5.32 Å². The minimum absolute atomic E-state index is 0.824. The summed E-state index contributed by atoms with van der Waals surface area (Å²) in [5.74, 6) is 2.06. The second kappa shape index (κ2) is 4.00. The number of rotatable bonds is 5. The average molecular weight is 181 g/mol. The molecule has 1 N–H and O–H groups in total. The van der Waals surface area contributed by atoms with E-state index in [1.807, 2.05) is 0 Å². The maximum Gasteiger partial charge on any atom is 0.00747 e. The minimum Gasteiger partial charge on any atom is -0.311 e. The van der Waals surface area contributed by atoms with E-state index in [4.69, 9.17) is 0 Å². The van der Waals surface area contributed by atoms with Crippen LogP contribution in [0.1, 0.15) is 52.4 Å². The van der Waals surface area contributed by atoms with Gasteiger partial charge in [0.1, 0.15) is 0 Å². The molecule has 76 valence electrons. The first-order valence-corrected chi connectivity index (χ1v) is 6.04. The molecule has 2 saturated carbocycles. The molecule has 2 fully saturated rings. The van der Waals surface area contributed by atoms with Crippen LogP contribution in [0.3, 0.4) is 0 Å². The van der Waals surface area contributed by atoms with Gasteiger partial charge in [-0.15, -0.1) is 0 Å². The Labute approximate surface area is 82.3 Å². The van der Waals surface area contributed by atoms with Gasteiger partial charge in [0.25, 0.3) is 0 Å². The lowest BCUT2D eigenvalue weighted by molar-refractivity contribution is 0.214. The molecule has 0 heterocycles. The smallest absolute Gasteiger partial charge is 0.00747 e. The maximum absolute atomic E-state index is 3.80. The Bertz CT molecular complexity index is 157. The predicted molar refractivity (Wildman–Crippen MR) is 56.7 cm³/mol. The molecule has 0 amide bonds. The highest BCUT2D eigenvalue weighted by atomic mass is 15.0. The molecule has 1 atom stereocenters. The third-order valence-corrected chi connectivity index (χ3v) is 3.65. The maximum atomic E-state index is 3.80. The van der Waals surface area contributed by atoms with Crippen molar-refractivity contribution in [2.45, 2.75) is 64.5 Å². The van der Waals surface area contributed by atoms with Crippen molar-refractivity contribution in [2.24, 2.45) is 11.8 Å². The summed E-state index contributed by atoms with van der Waals surface area (Å²) in [5, 5.41) is 3.80.